The van der Waals surface area contributed by atoms with Crippen molar-refractivity contribution in [3.8, 4) is 50.5 Å². The van der Waals surface area contributed by atoms with Crippen molar-refractivity contribution in [2.45, 2.75) is 0 Å². The highest BCUT2D eigenvalue weighted by Crippen LogP contribution is 2.37. The first-order chi connectivity index (χ1) is 24.8. The molecule has 0 amide bonds. The molecular formula is C47H30N2O. The highest BCUT2D eigenvalue weighted by atomic mass is 16.3. The smallest absolute Gasteiger partial charge is 0.137 e. The van der Waals surface area contributed by atoms with Gasteiger partial charge in [0.1, 0.15) is 11.2 Å². The molecule has 0 spiro atoms. The van der Waals surface area contributed by atoms with E-state index in [1.807, 2.05) is 6.07 Å². The van der Waals surface area contributed by atoms with Crippen LogP contribution >= 0.6 is 0 Å². The number of furan rings is 1. The van der Waals surface area contributed by atoms with E-state index in [9.17, 15) is 0 Å². The number of hydrogen-bond donors (Lipinski definition) is 0. The van der Waals surface area contributed by atoms with Gasteiger partial charge in [0.15, 0.2) is 0 Å². The van der Waals surface area contributed by atoms with E-state index in [1.165, 1.54) is 27.4 Å². The van der Waals surface area contributed by atoms with Crippen LogP contribution in [0.3, 0.4) is 0 Å². The van der Waals surface area contributed by atoms with Gasteiger partial charge in [-0.15, -0.1) is 0 Å². The van der Waals surface area contributed by atoms with E-state index in [0.717, 1.165) is 66.8 Å². The molecule has 0 saturated heterocycles. The highest BCUT2D eigenvalue weighted by Gasteiger charge is 2.15. The molecular weight excluding hydrogens is 609 g/mol. The van der Waals surface area contributed by atoms with Gasteiger partial charge >= 0.3 is 0 Å². The molecule has 0 bridgehead atoms. The summed E-state index contributed by atoms with van der Waals surface area (Å²) in [6.45, 7) is 0. The number of benzene rings is 7. The van der Waals surface area contributed by atoms with Gasteiger partial charge in [-0.05, 0) is 70.8 Å². The molecule has 0 saturated carbocycles. The van der Waals surface area contributed by atoms with Gasteiger partial charge in [0.2, 0.25) is 0 Å². The van der Waals surface area contributed by atoms with Crippen molar-refractivity contribution in [3.05, 3.63) is 182 Å². The molecule has 0 aliphatic rings. The van der Waals surface area contributed by atoms with Gasteiger partial charge in [-0.2, -0.15) is 0 Å². The molecule has 3 heteroatoms. The number of aromatic nitrogens is 2. The molecule has 0 atom stereocenters. The first-order valence-electron chi connectivity index (χ1n) is 17.0. The van der Waals surface area contributed by atoms with Gasteiger partial charge < -0.3 is 8.98 Å². The molecule has 3 heterocycles. The van der Waals surface area contributed by atoms with Crippen LogP contribution in [0.5, 0.6) is 0 Å². The fourth-order valence-electron chi connectivity index (χ4n) is 7.35. The van der Waals surface area contributed by atoms with Crippen LogP contribution in [-0.2, 0) is 0 Å². The van der Waals surface area contributed by atoms with Crippen molar-refractivity contribution in [2.24, 2.45) is 0 Å². The Bertz CT molecular complexity index is 2730. The molecule has 234 valence electrons. The van der Waals surface area contributed by atoms with Gasteiger partial charge in [0, 0.05) is 44.4 Å². The number of nitrogens with zero attached hydrogens (tertiary/aromatic N) is 2. The molecule has 10 rings (SSSR count). The van der Waals surface area contributed by atoms with Crippen LogP contribution in [0, 0.1) is 0 Å². The third kappa shape index (κ3) is 4.71. The summed E-state index contributed by atoms with van der Waals surface area (Å²) < 4.78 is 8.89. The minimum absolute atomic E-state index is 0.880. The average molecular weight is 639 g/mol. The van der Waals surface area contributed by atoms with Gasteiger partial charge in [-0.3, -0.25) is 0 Å². The third-order valence-electron chi connectivity index (χ3n) is 9.81. The lowest BCUT2D eigenvalue weighted by Crippen LogP contribution is -1.93. The molecule has 0 fully saturated rings. The number of rotatable bonds is 5. The lowest BCUT2D eigenvalue weighted by atomic mass is 9.98. The SMILES string of the molecule is c1ccc(-c2cc(-c3ccccc3)nc(-c3ccc(-c4ccc5c(c4)oc4cc(-n6c7ccccc7c7ccccc76)ccc45)cc3)c2)cc1. The monoisotopic (exact) mass is 638 g/mol. The molecule has 0 aliphatic carbocycles. The van der Waals surface area contributed by atoms with E-state index < -0.39 is 0 Å². The van der Waals surface area contributed by atoms with Crippen molar-refractivity contribution in [3.63, 3.8) is 0 Å². The lowest BCUT2D eigenvalue weighted by molar-refractivity contribution is 0.669. The summed E-state index contributed by atoms with van der Waals surface area (Å²) in [4.78, 5) is 5.11. The topological polar surface area (TPSA) is 31.0 Å². The fraction of sp³-hybridized carbons (Fsp3) is 0. The maximum Gasteiger partial charge on any atom is 0.137 e. The first-order valence-corrected chi connectivity index (χ1v) is 17.0. The van der Waals surface area contributed by atoms with Gasteiger partial charge in [-0.1, -0.05) is 127 Å². The molecule has 0 N–H and O–H groups in total. The highest BCUT2D eigenvalue weighted by molar-refractivity contribution is 6.10. The maximum atomic E-state index is 6.56. The van der Waals surface area contributed by atoms with E-state index >= 15 is 0 Å². The average Bonchev–Trinajstić information content (AvgIpc) is 3.73. The van der Waals surface area contributed by atoms with Crippen molar-refractivity contribution < 1.29 is 4.42 Å². The number of pyridine rings is 1. The molecule has 3 aromatic heterocycles. The predicted molar refractivity (Wildman–Crippen MR) is 208 cm³/mol. The minimum atomic E-state index is 0.880. The second-order valence-corrected chi connectivity index (χ2v) is 12.8. The zero-order valence-corrected chi connectivity index (χ0v) is 27.1. The first kappa shape index (κ1) is 28.3. The quantitative estimate of drug-likeness (QED) is 0.188. The Morgan fingerprint density at radius 3 is 1.48 bits per heavy atom. The molecule has 0 radical (unpaired) electrons. The molecule has 7 aromatic carbocycles. The van der Waals surface area contributed by atoms with Gasteiger partial charge in [0.25, 0.3) is 0 Å². The Morgan fingerprint density at radius 1 is 0.340 bits per heavy atom. The summed E-state index contributed by atoms with van der Waals surface area (Å²) in [5.41, 5.74) is 13.9. The van der Waals surface area contributed by atoms with Crippen LogP contribution in [0.1, 0.15) is 0 Å². The normalized spacial score (nSPS) is 11.6. The molecule has 0 aliphatic heterocycles. The Kier molecular flexibility index (Phi) is 6.49. The number of fused-ring (bicyclic) bond motifs is 6. The summed E-state index contributed by atoms with van der Waals surface area (Å²) in [6, 6.07) is 64.2. The number of para-hydroxylation sites is 2. The van der Waals surface area contributed by atoms with Crippen LogP contribution in [-0.4, -0.2) is 9.55 Å². The van der Waals surface area contributed by atoms with E-state index in [4.69, 9.17) is 9.40 Å². The summed E-state index contributed by atoms with van der Waals surface area (Å²) in [7, 11) is 0. The van der Waals surface area contributed by atoms with E-state index in [0.29, 0.717) is 0 Å². The zero-order valence-electron chi connectivity index (χ0n) is 27.1. The summed E-state index contributed by atoms with van der Waals surface area (Å²) >= 11 is 0. The van der Waals surface area contributed by atoms with Crippen LogP contribution in [0.4, 0.5) is 0 Å². The summed E-state index contributed by atoms with van der Waals surface area (Å²) in [5.74, 6) is 0. The largest absolute Gasteiger partial charge is 0.456 e. The molecule has 50 heavy (non-hydrogen) atoms. The Morgan fingerprint density at radius 2 is 0.820 bits per heavy atom. The summed E-state index contributed by atoms with van der Waals surface area (Å²) in [5, 5.41) is 4.73. The molecule has 10 aromatic rings. The minimum Gasteiger partial charge on any atom is -0.456 e. The van der Waals surface area contributed by atoms with Gasteiger partial charge in [0.05, 0.1) is 22.4 Å². The Labute approximate surface area is 289 Å². The van der Waals surface area contributed by atoms with Crippen molar-refractivity contribution in [1.82, 2.24) is 9.55 Å². The van der Waals surface area contributed by atoms with Crippen molar-refractivity contribution >= 4 is 43.7 Å². The van der Waals surface area contributed by atoms with Crippen molar-refractivity contribution in [2.75, 3.05) is 0 Å². The molecule has 3 nitrogen and oxygen atoms in total. The van der Waals surface area contributed by atoms with Crippen LogP contribution in [0.2, 0.25) is 0 Å². The van der Waals surface area contributed by atoms with Crippen LogP contribution < -0.4 is 0 Å². The number of hydrogen-bond acceptors (Lipinski definition) is 2. The second kappa shape index (κ2) is 11.5. The fourth-order valence-corrected chi connectivity index (χ4v) is 7.35. The predicted octanol–water partition coefficient (Wildman–Crippen LogP) is 12.7. The van der Waals surface area contributed by atoms with Crippen LogP contribution in [0.25, 0.3) is 94.2 Å². The second-order valence-electron chi connectivity index (χ2n) is 12.8. The lowest BCUT2D eigenvalue weighted by Gasteiger charge is -2.11. The standard InChI is InChI=1S/C47H30N2O/c1-3-11-31(12-4-1)36-27-42(33-13-5-2-6-14-33)48-43(28-36)34-21-19-32(20-22-34)35-23-25-40-41-26-24-37(30-47(41)50-46(40)29-35)49-44-17-9-7-15-38(44)39-16-8-10-18-45(39)49/h1-30H. The Hall–Kier alpha value is -6.71. The van der Waals surface area contributed by atoms with E-state index in [1.54, 1.807) is 0 Å². The van der Waals surface area contributed by atoms with Crippen LogP contribution in [0.15, 0.2) is 186 Å². The summed E-state index contributed by atoms with van der Waals surface area (Å²) in [6.07, 6.45) is 0. The molecule has 0 unspecified atom stereocenters. The zero-order chi connectivity index (χ0) is 33.0. The van der Waals surface area contributed by atoms with E-state index in [2.05, 4.69) is 180 Å². The maximum absolute atomic E-state index is 6.56. The Balaban J connectivity index is 1.02. The van der Waals surface area contributed by atoms with Crippen molar-refractivity contribution in [1.29, 1.82) is 0 Å². The van der Waals surface area contributed by atoms with E-state index in [-0.39, 0.29) is 0 Å². The van der Waals surface area contributed by atoms with Gasteiger partial charge in [-0.25, -0.2) is 4.98 Å². The third-order valence-corrected chi connectivity index (χ3v) is 9.81.